The first-order valence-electron chi connectivity index (χ1n) is 7.28. The van der Waals surface area contributed by atoms with E-state index in [2.05, 4.69) is 15.5 Å². The first-order chi connectivity index (χ1) is 10.2. The van der Waals surface area contributed by atoms with Gasteiger partial charge in [0.2, 0.25) is 0 Å². The lowest BCUT2D eigenvalue weighted by Crippen LogP contribution is -2.49. The van der Waals surface area contributed by atoms with Gasteiger partial charge in [-0.15, -0.1) is 5.10 Å². The Labute approximate surface area is 123 Å². The molecule has 2 aromatic rings. The van der Waals surface area contributed by atoms with E-state index in [1.807, 2.05) is 30.3 Å². The third kappa shape index (κ3) is 3.11. The molecule has 3 rings (SSSR count). The predicted molar refractivity (Wildman–Crippen MR) is 79.1 cm³/mol. The Morgan fingerprint density at radius 3 is 2.76 bits per heavy atom. The zero-order chi connectivity index (χ0) is 14.7. The first-order valence-corrected chi connectivity index (χ1v) is 7.28. The molecule has 0 aliphatic heterocycles. The monoisotopic (exact) mass is 285 g/mol. The van der Waals surface area contributed by atoms with Gasteiger partial charge >= 0.3 is 0 Å². The van der Waals surface area contributed by atoms with Crippen LogP contribution in [0.3, 0.4) is 0 Å². The molecule has 6 heteroatoms. The molecule has 0 unspecified atom stereocenters. The summed E-state index contributed by atoms with van der Waals surface area (Å²) in [6.45, 7) is 0. The van der Waals surface area contributed by atoms with Crippen molar-refractivity contribution in [3.63, 3.8) is 0 Å². The second-order valence-corrected chi connectivity index (χ2v) is 5.38. The summed E-state index contributed by atoms with van der Waals surface area (Å²) in [5, 5.41) is 11.3. The molecule has 1 heterocycles. The standard InChI is InChI=1S/C15H19N5O/c16-12-8-4-5-9-13(12)18-15(21)14-10-17-20(19-14)11-6-2-1-3-7-11/h1-3,6-7,10,12-13H,4-5,8-9,16H2,(H,18,21)/t12-,13-/m1/s1. The average molecular weight is 285 g/mol. The minimum Gasteiger partial charge on any atom is -0.346 e. The van der Waals surface area contributed by atoms with Gasteiger partial charge in [-0.05, 0) is 25.0 Å². The number of para-hydroxylation sites is 1. The number of nitrogens with two attached hydrogens (primary N) is 1. The summed E-state index contributed by atoms with van der Waals surface area (Å²) in [6.07, 6.45) is 5.62. The van der Waals surface area contributed by atoms with Crippen molar-refractivity contribution in [1.29, 1.82) is 0 Å². The molecule has 2 atom stereocenters. The van der Waals surface area contributed by atoms with Gasteiger partial charge in [-0.3, -0.25) is 4.79 Å². The van der Waals surface area contributed by atoms with Crippen LogP contribution < -0.4 is 11.1 Å². The van der Waals surface area contributed by atoms with Crippen molar-refractivity contribution >= 4 is 5.91 Å². The largest absolute Gasteiger partial charge is 0.346 e. The van der Waals surface area contributed by atoms with Crippen molar-refractivity contribution in [2.75, 3.05) is 0 Å². The number of carbonyl (C=O) groups excluding carboxylic acids is 1. The summed E-state index contributed by atoms with van der Waals surface area (Å²) in [7, 11) is 0. The molecule has 110 valence electrons. The quantitative estimate of drug-likeness (QED) is 0.889. The highest BCUT2D eigenvalue weighted by molar-refractivity contribution is 5.92. The van der Waals surface area contributed by atoms with Crippen LogP contribution in [0, 0.1) is 0 Å². The van der Waals surface area contributed by atoms with Gasteiger partial charge in [-0.1, -0.05) is 31.0 Å². The van der Waals surface area contributed by atoms with Crippen LogP contribution in [0.25, 0.3) is 5.69 Å². The van der Waals surface area contributed by atoms with Crippen LogP contribution in [0.5, 0.6) is 0 Å². The Morgan fingerprint density at radius 2 is 2.00 bits per heavy atom. The average Bonchev–Trinajstić information content (AvgIpc) is 3.00. The van der Waals surface area contributed by atoms with E-state index in [1.54, 1.807) is 0 Å². The summed E-state index contributed by atoms with van der Waals surface area (Å²) >= 11 is 0. The minimum atomic E-state index is -0.209. The molecule has 1 aliphatic carbocycles. The maximum Gasteiger partial charge on any atom is 0.273 e. The van der Waals surface area contributed by atoms with Gasteiger partial charge < -0.3 is 11.1 Å². The Bertz CT molecular complexity index is 610. The van der Waals surface area contributed by atoms with Crippen molar-refractivity contribution in [2.45, 2.75) is 37.8 Å². The molecule has 1 amide bonds. The fraction of sp³-hybridized carbons (Fsp3) is 0.400. The molecule has 0 saturated heterocycles. The summed E-state index contributed by atoms with van der Waals surface area (Å²) in [6, 6.07) is 9.57. The second-order valence-electron chi connectivity index (χ2n) is 5.38. The number of hydrogen-bond acceptors (Lipinski definition) is 4. The minimum absolute atomic E-state index is 0.0341. The zero-order valence-corrected chi connectivity index (χ0v) is 11.8. The molecule has 1 aromatic heterocycles. The Balaban J connectivity index is 1.69. The fourth-order valence-electron chi connectivity index (χ4n) is 2.63. The normalized spacial score (nSPS) is 22.0. The summed E-state index contributed by atoms with van der Waals surface area (Å²) in [5.41, 5.74) is 7.19. The number of aromatic nitrogens is 3. The lowest BCUT2D eigenvalue weighted by atomic mass is 9.91. The van der Waals surface area contributed by atoms with E-state index in [0.29, 0.717) is 5.69 Å². The number of carbonyl (C=O) groups is 1. The molecule has 21 heavy (non-hydrogen) atoms. The van der Waals surface area contributed by atoms with E-state index in [9.17, 15) is 4.79 Å². The van der Waals surface area contributed by atoms with Gasteiger partial charge in [0.15, 0.2) is 5.69 Å². The van der Waals surface area contributed by atoms with Gasteiger partial charge in [-0.25, -0.2) is 0 Å². The smallest absolute Gasteiger partial charge is 0.273 e. The van der Waals surface area contributed by atoms with E-state index in [1.165, 1.54) is 11.0 Å². The number of nitrogens with one attached hydrogen (secondary N) is 1. The summed E-state index contributed by atoms with van der Waals surface area (Å²) < 4.78 is 0. The third-order valence-corrected chi connectivity index (χ3v) is 3.85. The number of hydrogen-bond donors (Lipinski definition) is 2. The van der Waals surface area contributed by atoms with Crippen molar-refractivity contribution < 1.29 is 4.79 Å². The highest BCUT2D eigenvalue weighted by Gasteiger charge is 2.24. The molecular formula is C15H19N5O. The molecule has 0 spiro atoms. The number of nitrogens with zero attached hydrogens (tertiary/aromatic N) is 3. The predicted octanol–water partition coefficient (Wildman–Crippen LogP) is 1.27. The zero-order valence-electron chi connectivity index (χ0n) is 11.8. The van der Waals surface area contributed by atoms with E-state index in [-0.39, 0.29) is 18.0 Å². The van der Waals surface area contributed by atoms with E-state index in [4.69, 9.17) is 5.73 Å². The molecule has 1 aliphatic rings. The third-order valence-electron chi connectivity index (χ3n) is 3.85. The number of rotatable bonds is 3. The number of amides is 1. The highest BCUT2D eigenvalue weighted by Crippen LogP contribution is 2.17. The van der Waals surface area contributed by atoms with Crippen LogP contribution in [0.1, 0.15) is 36.2 Å². The van der Waals surface area contributed by atoms with E-state index in [0.717, 1.165) is 31.4 Å². The maximum absolute atomic E-state index is 12.2. The molecule has 0 bridgehead atoms. The van der Waals surface area contributed by atoms with Crippen LogP contribution in [-0.4, -0.2) is 33.0 Å². The Morgan fingerprint density at radius 1 is 1.24 bits per heavy atom. The fourth-order valence-corrected chi connectivity index (χ4v) is 2.63. The van der Waals surface area contributed by atoms with Crippen molar-refractivity contribution in [2.24, 2.45) is 5.73 Å². The lowest BCUT2D eigenvalue weighted by molar-refractivity contribution is 0.0915. The molecule has 1 saturated carbocycles. The van der Waals surface area contributed by atoms with Crippen molar-refractivity contribution in [3.05, 3.63) is 42.2 Å². The van der Waals surface area contributed by atoms with Crippen LogP contribution in [0.15, 0.2) is 36.5 Å². The van der Waals surface area contributed by atoms with Gasteiger partial charge in [0.05, 0.1) is 11.9 Å². The van der Waals surface area contributed by atoms with Crippen LogP contribution in [0.4, 0.5) is 0 Å². The molecule has 1 fully saturated rings. The lowest BCUT2D eigenvalue weighted by Gasteiger charge is -2.28. The van der Waals surface area contributed by atoms with Crippen LogP contribution >= 0.6 is 0 Å². The molecule has 6 nitrogen and oxygen atoms in total. The van der Waals surface area contributed by atoms with E-state index >= 15 is 0 Å². The topological polar surface area (TPSA) is 85.8 Å². The van der Waals surface area contributed by atoms with Gasteiger partial charge in [0, 0.05) is 12.1 Å². The van der Waals surface area contributed by atoms with Gasteiger partial charge in [0.25, 0.3) is 5.91 Å². The molecule has 3 N–H and O–H groups in total. The summed E-state index contributed by atoms with van der Waals surface area (Å²) in [4.78, 5) is 13.7. The van der Waals surface area contributed by atoms with Crippen LogP contribution in [-0.2, 0) is 0 Å². The Kier molecular flexibility index (Phi) is 3.96. The second kappa shape index (κ2) is 6.05. The number of benzene rings is 1. The van der Waals surface area contributed by atoms with Crippen LogP contribution in [0.2, 0.25) is 0 Å². The highest BCUT2D eigenvalue weighted by atomic mass is 16.2. The van der Waals surface area contributed by atoms with Gasteiger partial charge in [0.1, 0.15) is 0 Å². The maximum atomic E-state index is 12.2. The Hall–Kier alpha value is -2.21. The van der Waals surface area contributed by atoms with E-state index < -0.39 is 0 Å². The SMILES string of the molecule is N[C@@H]1CCCC[C@H]1NC(=O)c1cnn(-c2ccccc2)n1. The van der Waals surface area contributed by atoms with Crippen molar-refractivity contribution in [3.8, 4) is 5.69 Å². The van der Waals surface area contributed by atoms with Crippen molar-refractivity contribution in [1.82, 2.24) is 20.3 Å². The molecule has 0 radical (unpaired) electrons. The summed E-state index contributed by atoms with van der Waals surface area (Å²) in [5.74, 6) is -0.209. The van der Waals surface area contributed by atoms with Gasteiger partial charge in [-0.2, -0.15) is 9.90 Å². The molecular weight excluding hydrogens is 266 g/mol. The molecule has 1 aromatic carbocycles. The first kappa shape index (κ1) is 13.8.